The van der Waals surface area contributed by atoms with E-state index in [1.165, 1.54) is 0 Å². The number of hydrogen-bond donors (Lipinski definition) is 0. The van der Waals surface area contributed by atoms with Crippen molar-refractivity contribution in [3.05, 3.63) is 54.1 Å². The molecule has 0 aliphatic rings. The zero-order chi connectivity index (χ0) is 14.5. The molecular weight excluding hydrogens is 274 g/mol. The van der Waals surface area contributed by atoms with Crippen LogP contribution >= 0.6 is 11.6 Å². The summed E-state index contributed by atoms with van der Waals surface area (Å²) >= 11 is 5.39. The molecule has 0 unspecified atom stereocenters. The zero-order valence-electron chi connectivity index (χ0n) is 11.2. The highest BCUT2D eigenvalue weighted by Gasteiger charge is 2.03. The topological polar surface area (TPSA) is 45.0 Å². The molecule has 2 aromatic rings. The van der Waals surface area contributed by atoms with Gasteiger partial charge in [-0.25, -0.2) is 0 Å². The van der Waals surface area contributed by atoms with Crippen LogP contribution in [0.1, 0.15) is 10.4 Å². The number of carbonyl (C=O) groups is 1. The van der Waals surface area contributed by atoms with Crippen LogP contribution in [0.25, 0.3) is 0 Å². The maximum Gasteiger partial charge on any atom is 0.252 e. The predicted molar refractivity (Wildman–Crippen MR) is 81.6 cm³/mol. The first kappa shape index (κ1) is 14.2. The van der Waals surface area contributed by atoms with Crippen molar-refractivity contribution in [2.75, 3.05) is 19.0 Å². The summed E-state index contributed by atoms with van der Waals surface area (Å²) in [4.78, 5) is 12.9. The highest BCUT2D eigenvalue weighted by Crippen LogP contribution is 2.28. The number of anilines is 1. The summed E-state index contributed by atoms with van der Waals surface area (Å²) in [6.45, 7) is 0. The SMILES string of the molecule is CN(C)c1ccccc1/N=N/c1ccc(C(=O)Cl)cc1. The molecule has 0 bridgehead atoms. The Kier molecular flexibility index (Phi) is 4.48. The molecule has 4 nitrogen and oxygen atoms in total. The van der Waals surface area contributed by atoms with E-state index in [-0.39, 0.29) is 0 Å². The van der Waals surface area contributed by atoms with Crippen molar-refractivity contribution >= 4 is 33.9 Å². The molecule has 20 heavy (non-hydrogen) atoms. The van der Waals surface area contributed by atoms with Gasteiger partial charge in [-0.15, -0.1) is 5.11 Å². The zero-order valence-corrected chi connectivity index (χ0v) is 12.0. The number of hydrogen-bond acceptors (Lipinski definition) is 4. The molecule has 0 saturated carbocycles. The third kappa shape index (κ3) is 3.42. The van der Waals surface area contributed by atoms with Crippen molar-refractivity contribution in [3.63, 3.8) is 0 Å². The van der Waals surface area contributed by atoms with Gasteiger partial charge in [0.15, 0.2) is 0 Å². The van der Waals surface area contributed by atoms with E-state index in [4.69, 9.17) is 11.6 Å². The summed E-state index contributed by atoms with van der Waals surface area (Å²) in [5.41, 5.74) is 2.89. The molecule has 0 aliphatic heterocycles. The number of rotatable bonds is 4. The van der Waals surface area contributed by atoms with Crippen molar-refractivity contribution in [2.45, 2.75) is 0 Å². The van der Waals surface area contributed by atoms with Crippen LogP contribution in [0, 0.1) is 0 Å². The highest BCUT2D eigenvalue weighted by atomic mass is 35.5. The third-order valence-electron chi connectivity index (χ3n) is 2.73. The lowest BCUT2D eigenvalue weighted by atomic mass is 10.2. The molecule has 0 aliphatic carbocycles. The fraction of sp³-hybridized carbons (Fsp3) is 0.133. The van der Waals surface area contributed by atoms with E-state index in [1.807, 2.05) is 43.3 Å². The second-order valence-corrected chi connectivity index (χ2v) is 4.75. The number of halogens is 1. The Hall–Kier alpha value is -2.20. The van der Waals surface area contributed by atoms with Crippen molar-refractivity contribution in [3.8, 4) is 0 Å². The van der Waals surface area contributed by atoms with Gasteiger partial charge in [-0.1, -0.05) is 12.1 Å². The van der Waals surface area contributed by atoms with Crippen molar-refractivity contribution in [2.24, 2.45) is 10.2 Å². The number of para-hydroxylation sites is 1. The maximum atomic E-state index is 11.0. The lowest BCUT2D eigenvalue weighted by Gasteiger charge is -2.13. The lowest BCUT2D eigenvalue weighted by molar-refractivity contribution is 0.108. The number of nitrogens with zero attached hydrogens (tertiary/aromatic N) is 3. The van der Waals surface area contributed by atoms with Gasteiger partial charge in [-0.05, 0) is 48.0 Å². The minimum atomic E-state index is -0.480. The third-order valence-corrected chi connectivity index (χ3v) is 2.95. The predicted octanol–water partition coefficient (Wildman–Crippen LogP) is 4.55. The van der Waals surface area contributed by atoms with Crippen LogP contribution in [-0.4, -0.2) is 19.3 Å². The first-order valence-corrected chi connectivity index (χ1v) is 6.44. The standard InChI is InChI=1S/C15H14ClN3O/c1-19(2)14-6-4-3-5-13(14)18-17-12-9-7-11(8-10-12)15(16)20/h3-10H,1-2H3/b18-17+. The van der Waals surface area contributed by atoms with Gasteiger partial charge >= 0.3 is 0 Å². The average molecular weight is 288 g/mol. The molecule has 2 aromatic carbocycles. The van der Waals surface area contributed by atoms with Crippen LogP contribution in [0.4, 0.5) is 17.1 Å². The van der Waals surface area contributed by atoms with E-state index in [9.17, 15) is 4.79 Å². The second-order valence-electron chi connectivity index (χ2n) is 4.40. The molecule has 0 N–H and O–H groups in total. The van der Waals surface area contributed by atoms with Crippen LogP contribution in [0.5, 0.6) is 0 Å². The van der Waals surface area contributed by atoms with Gasteiger partial charge in [0, 0.05) is 19.7 Å². The normalized spacial score (nSPS) is 10.8. The fourth-order valence-corrected chi connectivity index (χ4v) is 1.82. The maximum absolute atomic E-state index is 11.0. The molecule has 0 saturated heterocycles. The van der Waals surface area contributed by atoms with Gasteiger partial charge in [0.25, 0.3) is 5.24 Å². The van der Waals surface area contributed by atoms with E-state index in [0.717, 1.165) is 11.4 Å². The molecule has 0 spiro atoms. The van der Waals surface area contributed by atoms with Gasteiger partial charge in [-0.3, -0.25) is 4.79 Å². The lowest BCUT2D eigenvalue weighted by Crippen LogP contribution is -2.08. The molecule has 0 aromatic heterocycles. The highest BCUT2D eigenvalue weighted by molar-refractivity contribution is 6.67. The molecule has 0 fully saturated rings. The summed E-state index contributed by atoms with van der Waals surface area (Å²) in [6.07, 6.45) is 0. The fourth-order valence-electron chi connectivity index (χ4n) is 1.70. The Balaban J connectivity index is 2.23. The second kappa shape index (κ2) is 6.30. The van der Waals surface area contributed by atoms with Crippen molar-refractivity contribution in [1.29, 1.82) is 0 Å². The molecule has 5 heteroatoms. The van der Waals surface area contributed by atoms with Gasteiger partial charge in [0.05, 0.1) is 11.4 Å². The van der Waals surface area contributed by atoms with Gasteiger partial charge in [0.1, 0.15) is 5.69 Å². The molecule has 0 radical (unpaired) electrons. The minimum Gasteiger partial charge on any atom is -0.376 e. The molecule has 0 amide bonds. The van der Waals surface area contributed by atoms with Crippen LogP contribution < -0.4 is 4.90 Å². The first-order chi connectivity index (χ1) is 9.58. The van der Waals surface area contributed by atoms with E-state index in [0.29, 0.717) is 11.3 Å². The Labute approximate surface area is 122 Å². The Bertz CT molecular complexity index is 636. The summed E-state index contributed by atoms with van der Waals surface area (Å²) < 4.78 is 0. The van der Waals surface area contributed by atoms with E-state index in [2.05, 4.69) is 10.2 Å². The van der Waals surface area contributed by atoms with Crippen molar-refractivity contribution < 1.29 is 4.79 Å². The molecular formula is C15H14ClN3O. The van der Waals surface area contributed by atoms with Gasteiger partial charge in [-0.2, -0.15) is 5.11 Å². The Morgan fingerprint density at radius 3 is 2.25 bits per heavy atom. The van der Waals surface area contributed by atoms with E-state index in [1.54, 1.807) is 24.3 Å². The van der Waals surface area contributed by atoms with Gasteiger partial charge in [0.2, 0.25) is 0 Å². The Morgan fingerprint density at radius 1 is 1.00 bits per heavy atom. The molecule has 0 atom stereocenters. The number of carbonyl (C=O) groups excluding carboxylic acids is 1. The molecule has 102 valence electrons. The Morgan fingerprint density at radius 2 is 1.65 bits per heavy atom. The smallest absolute Gasteiger partial charge is 0.252 e. The van der Waals surface area contributed by atoms with E-state index >= 15 is 0 Å². The average Bonchev–Trinajstić information content (AvgIpc) is 2.45. The monoisotopic (exact) mass is 287 g/mol. The van der Waals surface area contributed by atoms with E-state index < -0.39 is 5.24 Å². The van der Waals surface area contributed by atoms with Crippen LogP contribution in [-0.2, 0) is 0 Å². The number of azo groups is 1. The minimum absolute atomic E-state index is 0.444. The molecule has 0 heterocycles. The first-order valence-electron chi connectivity index (χ1n) is 6.06. The van der Waals surface area contributed by atoms with Gasteiger partial charge < -0.3 is 4.90 Å². The number of benzene rings is 2. The summed E-state index contributed by atoms with van der Waals surface area (Å²) in [5.74, 6) is 0. The molecule has 2 rings (SSSR count). The summed E-state index contributed by atoms with van der Waals surface area (Å²) in [7, 11) is 3.91. The summed E-state index contributed by atoms with van der Waals surface area (Å²) in [6, 6.07) is 14.4. The largest absolute Gasteiger partial charge is 0.376 e. The van der Waals surface area contributed by atoms with Crippen LogP contribution in [0.3, 0.4) is 0 Å². The van der Waals surface area contributed by atoms with Crippen molar-refractivity contribution in [1.82, 2.24) is 0 Å². The summed E-state index contributed by atoms with van der Waals surface area (Å²) in [5, 5.41) is 7.92. The van der Waals surface area contributed by atoms with Crippen LogP contribution in [0.15, 0.2) is 58.8 Å². The quantitative estimate of drug-likeness (QED) is 0.612. The van der Waals surface area contributed by atoms with Crippen LogP contribution in [0.2, 0.25) is 0 Å².